The maximum atomic E-state index is 11.1. The maximum Gasteiger partial charge on any atom is 0.172 e. The summed E-state index contributed by atoms with van der Waals surface area (Å²) < 4.78 is 11.3. The molecule has 4 nitrogen and oxygen atoms in total. The van der Waals surface area contributed by atoms with Gasteiger partial charge in [0.25, 0.3) is 0 Å². The van der Waals surface area contributed by atoms with Crippen molar-refractivity contribution in [2.75, 3.05) is 27.2 Å². The standard InChI is InChI=1S/C15H21NO3/c1-16-9-4-6-13(8-10-16)19-15-12(11-17)5-3-7-14(15)18-2/h3,5,7,11,13H,4,6,8-10H2,1-2H3. The van der Waals surface area contributed by atoms with Gasteiger partial charge < -0.3 is 14.4 Å². The first-order valence-electron chi connectivity index (χ1n) is 6.72. The van der Waals surface area contributed by atoms with Gasteiger partial charge in [0, 0.05) is 6.54 Å². The fourth-order valence-corrected chi connectivity index (χ4v) is 2.41. The van der Waals surface area contributed by atoms with E-state index in [9.17, 15) is 4.79 Å². The van der Waals surface area contributed by atoms with Crippen LogP contribution in [0.25, 0.3) is 0 Å². The summed E-state index contributed by atoms with van der Waals surface area (Å²) in [7, 11) is 3.72. The number of benzene rings is 1. The number of carbonyl (C=O) groups excluding carboxylic acids is 1. The molecule has 19 heavy (non-hydrogen) atoms. The second-order valence-corrected chi connectivity index (χ2v) is 4.97. The molecule has 1 aromatic rings. The molecule has 1 heterocycles. The van der Waals surface area contributed by atoms with Crippen molar-refractivity contribution in [3.05, 3.63) is 23.8 Å². The number of rotatable bonds is 4. The zero-order valence-corrected chi connectivity index (χ0v) is 11.6. The number of para-hydroxylation sites is 1. The molecule has 0 saturated carbocycles. The molecule has 1 unspecified atom stereocenters. The molecule has 0 aliphatic carbocycles. The fraction of sp³-hybridized carbons (Fsp3) is 0.533. The lowest BCUT2D eigenvalue weighted by atomic mass is 10.1. The lowest BCUT2D eigenvalue weighted by molar-refractivity contribution is 0.111. The van der Waals surface area contributed by atoms with Gasteiger partial charge in [-0.15, -0.1) is 0 Å². The van der Waals surface area contributed by atoms with E-state index in [1.165, 1.54) is 0 Å². The van der Waals surface area contributed by atoms with Gasteiger partial charge in [-0.25, -0.2) is 0 Å². The normalized spacial score (nSPS) is 20.6. The van der Waals surface area contributed by atoms with E-state index in [4.69, 9.17) is 9.47 Å². The Balaban J connectivity index is 2.15. The molecule has 0 bridgehead atoms. The van der Waals surface area contributed by atoms with Gasteiger partial charge in [0.2, 0.25) is 0 Å². The Kier molecular flexibility index (Phi) is 4.80. The molecule has 1 aliphatic heterocycles. The molecule has 104 valence electrons. The molecule has 1 fully saturated rings. The zero-order valence-electron chi connectivity index (χ0n) is 11.6. The van der Waals surface area contributed by atoms with Crippen molar-refractivity contribution < 1.29 is 14.3 Å². The number of aldehydes is 1. The fourth-order valence-electron chi connectivity index (χ4n) is 2.41. The summed E-state index contributed by atoms with van der Waals surface area (Å²) in [5, 5.41) is 0. The molecule has 1 aromatic carbocycles. The molecule has 0 amide bonds. The minimum absolute atomic E-state index is 0.153. The van der Waals surface area contributed by atoms with Crippen LogP contribution in [0.2, 0.25) is 0 Å². The van der Waals surface area contributed by atoms with Crippen LogP contribution in [0.3, 0.4) is 0 Å². The van der Waals surface area contributed by atoms with E-state index in [1.807, 2.05) is 6.07 Å². The molecular weight excluding hydrogens is 242 g/mol. The highest BCUT2D eigenvalue weighted by Gasteiger charge is 2.19. The van der Waals surface area contributed by atoms with E-state index in [-0.39, 0.29) is 6.10 Å². The van der Waals surface area contributed by atoms with E-state index in [0.717, 1.165) is 38.6 Å². The third-order valence-corrected chi connectivity index (χ3v) is 3.54. The van der Waals surface area contributed by atoms with Gasteiger partial charge in [0.15, 0.2) is 17.8 Å². The summed E-state index contributed by atoms with van der Waals surface area (Å²) in [6.07, 6.45) is 4.08. The van der Waals surface area contributed by atoms with Gasteiger partial charge in [-0.05, 0) is 45.0 Å². The highest BCUT2D eigenvalue weighted by Crippen LogP contribution is 2.32. The molecule has 1 aliphatic rings. The van der Waals surface area contributed by atoms with E-state index in [2.05, 4.69) is 11.9 Å². The maximum absolute atomic E-state index is 11.1. The number of ether oxygens (including phenoxy) is 2. The molecular formula is C15H21NO3. The van der Waals surface area contributed by atoms with Crippen LogP contribution in [0.15, 0.2) is 18.2 Å². The molecule has 1 atom stereocenters. The Bertz CT molecular complexity index is 433. The largest absolute Gasteiger partial charge is 0.493 e. The van der Waals surface area contributed by atoms with Gasteiger partial charge in [-0.2, -0.15) is 0 Å². The second-order valence-electron chi connectivity index (χ2n) is 4.97. The minimum atomic E-state index is 0.153. The SMILES string of the molecule is COc1cccc(C=O)c1OC1CCCN(C)CC1. The molecule has 4 heteroatoms. The van der Waals surface area contributed by atoms with Crippen LogP contribution < -0.4 is 9.47 Å². The monoisotopic (exact) mass is 263 g/mol. The predicted octanol–water partition coefficient (Wildman–Crippen LogP) is 2.37. The Labute approximate surface area is 114 Å². The summed E-state index contributed by atoms with van der Waals surface area (Å²) in [4.78, 5) is 13.4. The van der Waals surface area contributed by atoms with E-state index < -0.39 is 0 Å². The van der Waals surface area contributed by atoms with E-state index in [1.54, 1.807) is 19.2 Å². The number of hydrogen-bond donors (Lipinski definition) is 0. The summed E-state index contributed by atoms with van der Waals surface area (Å²) in [6.45, 7) is 2.13. The average molecular weight is 263 g/mol. The first kappa shape index (κ1) is 13.9. The van der Waals surface area contributed by atoms with Crippen molar-refractivity contribution in [3.63, 3.8) is 0 Å². The van der Waals surface area contributed by atoms with Crippen LogP contribution in [0, 0.1) is 0 Å². The van der Waals surface area contributed by atoms with Crippen molar-refractivity contribution in [1.82, 2.24) is 4.90 Å². The molecule has 0 radical (unpaired) electrons. The Hall–Kier alpha value is -1.55. The third-order valence-electron chi connectivity index (χ3n) is 3.54. The van der Waals surface area contributed by atoms with Crippen molar-refractivity contribution >= 4 is 6.29 Å². The molecule has 0 N–H and O–H groups in total. The van der Waals surface area contributed by atoms with E-state index in [0.29, 0.717) is 17.1 Å². The van der Waals surface area contributed by atoms with Gasteiger partial charge in [-0.1, -0.05) is 6.07 Å². The minimum Gasteiger partial charge on any atom is -0.493 e. The van der Waals surface area contributed by atoms with Crippen LogP contribution in [0.4, 0.5) is 0 Å². The first-order chi connectivity index (χ1) is 9.24. The summed E-state index contributed by atoms with van der Waals surface area (Å²) in [5.74, 6) is 1.21. The number of carbonyl (C=O) groups is 1. The molecule has 0 aromatic heterocycles. The van der Waals surface area contributed by atoms with Crippen LogP contribution in [-0.2, 0) is 0 Å². The van der Waals surface area contributed by atoms with Gasteiger partial charge >= 0.3 is 0 Å². The zero-order chi connectivity index (χ0) is 13.7. The van der Waals surface area contributed by atoms with Crippen LogP contribution in [-0.4, -0.2) is 44.5 Å². The highest BCUT2D eigenvalue weighted by atomic mass is 16.5. The Morgan fingerprint density at radius 2 is 2.16 bits per heavy atom. The van der Waals surface area contributed by atoms with Crippen LogP contribution >= 0.6 is 0 Å². The van der Waals surface area contributed by atoms with Gasteiger partial charge in [0.05, 0.1) is 12.7 Å². The third kappa shape index (κ3) is 3.47. The number of likely N-dealkylation sites (tertiary alicyclic amines) is 1. The van der Waals surface area contributed by atoms with Gasteiger partial charge in [0.1, 0.15) is 6.10 Å². The lowest BCUT2D eigenvalue weighted by Crippen LogP contribution is -2.22. The van der Waals surface area contributed by atoms with Crippen molar-refractivity contribution in [2.24, 2.45) is 0 Å². The molecule has 0 spiro atoms. The number of methoxy groups -OCH3 is 1. The van der Waals surface area contributed by atoms with Crippen LogP contribution in [0.5, 0.6) is 11.5 Å². The van der Waals surface area contributed by atoms with Crippen molar-refractivity contribution in [1.29, 1.82) is 0 Å². The van der Waals surface area contributed by atoms with Gasteiger partial charge in [-0.3, -0.25) is 4.79 Å². The smallest absolute Gasteiger partial charge is 0.172 e. The molecule has 2 rings (SSSR count). The number of nitrogens with zero attached hydrogens (tertiary/aromatic N) is 1. The van der Waals surface area contributed by atoms with Crippen LogP contribution in [0.1, 0.15) is 29.6 Å². The summed E-state index contributed by atoms with van der Waals surface area (Å²) in [5.41, 5.74) is 0.553. The quantitative estimate of drug-likeness (QED) is 0.782. The Morgan fingerprint density at radius 1 is 1.32 bits per heavy atom. The topological polar surface area (TPSA) is 38.8 Å². The van der Waals surface area contributed by atoms with Crippen molar-refractivity contribution in [2.45, 2.75) is 25.4 Å². The first-order valence-corrected chi connectivity index (χ1v) is 6.72. The highest BCUT2D eigenvalue weighted by molar-refractivity contribution is 5.81. The van der Waals surface area contributed by atoms with E-state index >= 15 is 0 Å². The summed E-state index contributed by atoms with van der Waals surface area (Å²) >= 11 is 0. The Morgan fingerprint density at radius 3 is 2.89 bits per heavy atom. The van der Waals surface area contributed by atoms with Crippen molar-refractivity contribution in [3.8, 4) is 11.5 Å². The number of hydrogen-bond acceptors (Lipinski definition) is 4. The second kappa shape index (κ2) is 6.57. The lowest BCUT2D eigenvalue weighted by Gasteiger charge is -2.20. The average Bonchev–Trinajstić information content (AvgIpc) is 2.64. The molecule has 1 saturated heterocycles. The summed E-state index contributed by atoms with van der Waals surface area (Å²) in [6, 6.07) is 5.38. The predicted molar refractivity (Wildman–Crippen MR) is 74.1 cm³/mol.